The molecule has 2 N–H and O–H groups in total. The van der Waals surface area contributed by atoms with Gasteiger partial charge in [-0.2, -0.15) is 18.4 Å². The average molecular weight is 736 g/mol. The van der Waals surface area contributed by atoms with Crippen LogP contribution in [0.4, 0.5) is 24.5 Å². The van der Waals surface area contributed by atoms with Crippen molar-refractivity contribution in [2.75, 3.05) is 62.9 Å². The van der Waals surface area contributed by atoms with Crippen LogP contribution in [0.25, 0.3) is 0 Å². The fourth-order valence-electron chi connectivity index (χ4n) is 6.79. The Morgan fingerprint density at radius 3 is 2.42 bits per heavy atom. The Labute approximate surface area is 307 Å². The van der Waals surface area contributed by atoms with Gasteiger partial charge in [0.25, 0.3) is 5.91 Å². The minimum Gasteiger partial charge on any atom is -0.491 e. The smallest absolute Gasteiger partial charge is 0.417 e. The van der Waals surface area contributed by atoms with Crippen molar-refractivity contribution in [3.8, 4) is 11.8 Å². The van der Waals surface area contributed by atoms with Gasteiger partial charge in [-0.15, -0.1) is 0 Å². The van der Waals surface area contributed by atoms with Gasteiger partial charge in [-0.3, -0.25) is 19.7 Å². The zero-order chi connectivity index (χ0) is 37.8. The van der Waals surface area contributed by atoms with Gasteiger partial charge in [-0.25, -0.2) is 0 Å². The van der Waals surface area contributed by atoms with Crippen LogP contribution in [0.1, 0.15) is 71.1 Å². The maximum Gasteiger partial charge on any atom is 0.417 e. The van der Waals surface area contributed by atoms with Crippen LogP contribution in [0.15, 0.2) is 60.7 Å². The highest BCUT2D eigenvalue weighted by atomic mass is 19.4. The highest BCUT2D eigenvalue weighted by Crippen LogP contribution is 2.37. The molecule has 0 bridgehead atoms. The molecule has 1 saturated heterocycles. The molecule has 0 aliphatic carbocycles. The van der Waals surface area contributed by atoms with E-state index < -0.39 is 23.7 Å². The van der Waals surface area contributed by atoms with E-state index in [4.69, 9.17) is 19.5 Å². The third-order valence-corrected chi connectivity index (χ3v) is 9.51. The van der Waals surface area contributed by atoms with E-state index >= 15 is 0 Å². The van der Waals surface area contributed by atoms with Crippen LogP contribution in [-0.2, 0) is 31.8 Å². The summed E-state index contributed by atoms with van der Waals surface area (Å²) in [5.41, 5.74) is 2.51. The van der Waals surface area contributed by atoms with Gasteiger partial charge in [0.05, 0.1) is 43.6 Å². The van der Waals surface area contributed by atoms with Crippen LogP contribution >= 0.6 is 0 Å². The standard InChI is InChI=1S/C39H44F3N5O6/c1-2-4-36(37(49)45-26-48)47-25-33-32(38(47)50)5-3-6-35(33)44-15-18-51-19-20-52-21-22-53-31-11-8-27(9-12-31)28-13-16-46(17-14-28)30-10-7-29(24-43)34(23-30)39(40,41)42/h3,5-12,23,26,28,36,44H,2,4,13-22,25H2,1H3,(H,45,48,49). The summed E-state index contributed by atoms with van der Waals surface area (Å²) < 4.78 is 57.4. The molecule has 11 nitrogen and oxygen atoms in total. The number of nitrogens with one attached hydrogen (secondary N) is 2. The first kappa shape index (κ1) is 39.1. The van der Waals surface area contributed by atoms with Crippen LogP contribution in [0.3, 0.4) is 0 Å². The molecule has 2 aliphatic rings. The van der Waals surface area contributed by atoms with E-state index in [1.54, 1.807) is 24.3 Å². The molecule has 0 spiro atoms. The molecule has 282 valence electrons. The van der Waals surface area contributed by atoms with E-state index in [1.807, 2.05) is 42.2 Å². The SMILES string of the molecule is CCCC(C(=O)NC=O)N1Cc2c(NCCOCCOCCOc3ccc(C4CCN(c5ccc(C#N)c(C(F)(F)F)c5)CC4)cc3)cccc2C1=O. The van der Waals surface area contributed by atoms with E-state index in [1.165, 1.54) is 11.0 Å². The van der Waals surface area contributed by atoms with Gasteiger partial charge in [-0.1, -0.05) is 31.5 Å². The van der Waals surface area contributed by atoms with Crippen LogP contribution in [0.2, 0.25) is 0 Å². The van der Waals surface area contributed by atoms with E-state index in [9.17, 15) is 27.6 Å². The van der Waals surface area contributed by atoms with Gasteiger partial charge in [0.2, 0.25) is 12.3 Å². The number of hydrogen-bond acceptors (Lipinski definition) is 9. The fraction of sp³-hybridized carbons (Fsp3) is 0.436. The maximum absolute atomic E-state index is 13.4. The number of anilines is 2. The molecule has 3 aromatic carbocycles. The fourth-order valence-corrected chi connectivity index (χ4v) is 6.79. The zero-order valence-electron chi connectivity index (χ0n) is 29.6. The third-order valence-electron chi connectivity index (χ3n) is 9.51. The quantitative estimate of drug-likeness (QED) is 0.121. The average Bonchev–Trinajstić information content (AvgIpc) is 3.50. The summed E-state index contributed by atoms with van der Waals surface area (Å²) in [5.74, 6) is 0.289. The molecule has 5 rings (SSSR count). The molecule has 3 aromatic rings. The Bertz CT molecular complexity index is 1760. The first-order valence-corrected chi connectivity index (χ1v) is 17.8. The van der Waals surface area contributed by atoms with Gasteiger partial charge in [0.15, 0.2) is 0 Å². The van der Waals surface area contributed by atoms with Crippen molar-refractivity contribution in [3.63, 3.8) is 0 Å². The Hall–Kier alpha value is -5.13. The number of imide groups is 1. The number of alkyl halides is 3. The van der Waals surface area contributed by atoms with Crippen molar-refractivity contribution in [3.05, 3.63) is 88.5 Å². The number of fused-ring (bicyclic) bond motifs is 1. The minimum absolute atomic E-state index is 0.232. The van der Waals surface area contributed by atoms with Crippen LogP contribution in [-0.4, -0.2) is 81.8 Å². The highest BCUT2D eigenvalue weighted by molar-refractivity contribution is 6.03. The molecule has 3 amide bonds. The lowest BCUT2D eigenvalue weighted by molar-refractivity contribution is -0.137. The number of hydrogen-bond donors (Lipinski definition) is 2. The number of nitriles is 1. The third kappa shape index (κ3) is 10.1. The summed E-state index contributed by atoms with van der Waals surface area (Å²) in [7, 11) is 0. The molecule has 1 fully saturated rings. The van der Waals surface area contributed by atoms with Crippen molar-refractivity contribution < 1.29 is 41.8 Å². The summed E-state index contributed by atoms with van der Waals surface area (Å²) in [4.78, 5) is 39.8. The molecule has 2 aliphatic heterocycles. The Balaban J connectivity index is 0.951. The highest BCUT2D eigenvalue weighted by Gasteiger charge is 2.37. The van der Waals surface area contributed by atoms with Crippen LogP contribution < -0.4 is 20.3 Å². The lowest BCUT2D eigenvalue weighted by atomic mass is 9.89. The number of nitrogens with zero attached hydrogens (tertiary/aromatic N) is 3. The number of benzene rings is 3. The summed E-state index contributed by atoms with van der Waals surface area (Å²) in [6.45, 7) is 5.90. The molecular formula is C39H44F3N5O6. The van der Waals surface area contributed by atoms with Crippen molar-refractivity contribution in [1.82, 2.24) is 10.2 Å². The number of carbonyl (C=O) groups excluding carboxylic acids is 3. The van der Waals surface area contributed by atoms with E-state index in [-0.39, 0.29) is 23.9 Å². The second kappa shape index (κ2) is 18.6. The first-order valence-electron chi connectivity index (χ1n) is 17.8. The van der Waals surface area contributed by atoms with Crippen LogP contribution in [0.5, 0.6) is 5.75 Å². The second-order valence-electron chi connectivity index (χ2n) is 12.9. The minimum atomic E-state index is -4.58. The van der Waals surface area contributed by atoms with E-state index in [0.717, 1.165) is 41.5 Å². The number of amides is 3. The van der Waals surface area contributed by atoms with Gasteiger partial charge in [0.1, 0.15) is 18.4 Å². The molecule has 0 saturated carbocycles. The molecule has 1 unspecified atom stereocenters. The van der Waals surface area contributed by atoms with Crippen molar-refractivity contribution in [1.29, 1.82) is 5.26 Å². The van der Waals surface area contributed by atoms with Gasteiger partial charge >= 0.3 is 6.18 Å². The lowest BCUT2D eigenvalue weighted by Gasteiger charge is -2.34. The van der Waals surface area contributed by atoms with Crippen molar-refractivity contribution in [2.24, 2.45) is 0 Å². The van der Waals surface area contributed by atoms with E-state index in [0.29, 0.717) is 83.2 Å². The summed E-state index contributed by atoms with van der Waals surface area (Å²) in [6.07, 6.45) is -1.51. The monoisotopic (exact) mass is 735 g/mol. The van der Waals surface area contributed by atoms with Gasteiger partial charge < -0.3 is 29.3 Å². The van der Waals surface area contributed by atoms with Gasteiger partial charge in [-0.05, 0) is 73.2 Å². The Kier molecular flexibility index (Phi) is 13.7. The largest absolute Gasteiger partial charge is 0.491 e. The molecule has 14 heteroatoms. The Morgan fingerprint density at radius 1 is 1.02 bits per heavy atom. The van der Waals surface area contributed by atoms with Crippen LogP contribution in [0, 0.1) is 11.3 Å². The molecule has 1 atom stereocenters. The van der Waals surface area contributed by atoms with E-state index in [2.05, 4.69) is 10.6 Å². The molecular weight excluding hydrogens is 691 g/mol. The molecule has 2 heterocycles. The van der Waals surface area contributed by atoms with Crippen molar-refractivity contribution in [2.45, 2.75) is 57.3 Å². The summed E-state index contributed by atoms with van der Waals surface area (Å²) in [5, 5.41) is 14.6. The lowest BCUT2D eigenvalue weighted by Crippen LogP contribution is -2.46. The number of ether oxygens (including phenoxy) is 3. The topological polar surface area (TPSA) is 133 Å². The predicted octanol–water partition coefficient (Wildman–Crippen LogP) is 5.88. The predicted molar refractivity (Wildman–Crippen MR) is 192 cm³/mol. The summed E-state index contributed by atoms with van der Waals surface area (Å²) in [6, 6.07) is 18.1. The molecule has 0 aromatic heterocycles. The Morgan fingerprint density at radius 2 is 1.74 bits per heavy atom. The number of piperidine rings is 1. The number of halogens is 3. The number of carbonyl (C=O) groups is 3. The maximum atomic E-state index is 13.4. The zero-order valence-corrected chi connectivity index (χ0v) is 29.6. The van der Waals surface area contributed by atoms with Gasteiger partial charge in [0, 0.05) is 48.7 Å². The van der Waals surface area contributed by atoms with Crippen molar-refractivity contribution >= 4 is 29.6 Å². The summed E-state index contributed by atoms with van der Waals surface area (Å²) >= 11 is 0. The first-order chi connectivity index (χ1) is 25.6. The second-order valence-corrected chi connectivity index (χ2v) is 12.9. The normalized spacial score (nSPS) is 15.1. The molecule has 0 radical (unpaired) electrons. The molecule has 53 heavy (non-hydrogen) atoms. The number of rotatable bonds is 18.